The van der Waals surface area contributed by atoms with Gasteiger partial charge in [0.05, 0.1) is 0 Å². The maximum atomic E-state index is 10.9. The SMILES string of the molecule is C/C(=C\c1c(Cl)[nH]c2ccc(C(C)C)cc12)C(=O)O. The van der Waals surface area contributed by atoms with Crippen molar-refractivity contribution in [3.63, 3.8) is 0 Å². The van der Waals surface area contributed by atoms with Crippen LogP contribution in [0.25, 0.3) is 17.0 Å². The first-order valence-corrected chi connectivity index (χ1v) is 6.50. The monoisotopic (exact) mass is 277 g/mol. The van der Waals surface area contributed by atoms with Gasteiger partial charge in [-0.05, 0) is 36.6 Å². The number of carbonyl (C=O) groups is 1. The molecule has 2 aromatic rings. The number of aliphatic carboxylic acids is 1. The van der Waals surface area contributed by atoms with E-state index in [1.54, 1.807) is 13.0 Å². The number of hydrogen-bond donors (Lipinski definition) is 2. The van der Waals surface area contributed by atoms with Crippen LogP contribution < -0.4 is 0 Å². The van der Waals surface area contributed by atoms with E-state index in [0.29, 0.717) is 11.1 Å². The Bertz CT molecular complexity index is 668. The molecule has 2 N–H and O–H groups in total. The first kappa shape index (κ1) is 13.7. The minimum absolute atomic E-state index is 0.262. The Labute approximate surface area is 116 Å². The van der Waals surface area contributed by atoms with Crippen LogP contribution >= 0.6 is 11.6 Å². The zero-order valence-corrected chi connectivity index (χ0v) is 11.9. The number of carboxylic acid groups (broad SMARTS) is 1. The molecule has 0 radical (unpaired) electrons. The molecular formula is C15H16ClNO2. The van der Waals surface area contributed by atoms with E-state index < -0.39 is 5.97 Å². The first-order valence-electron chi connectivity index (χ1n) is 6.13. The Balaban J connectivity index is 2.65. The Morgan fingerprint density at radius 1 is 1.42 bits per heavy atom. The number of aromatic amines is 1. The summed E-state index contributed by atoms with van der Waals surface area (Å²) in [7, 11) is 0. The largest absolute Gasteiger partial charge is 0.478 e. The van der Waals surface area contributed by atoms with Gasteiger partial charge in [0.25, 0.3) is 0 Å². The summed E-state index contributed by atoms with van der Waals surface area (Å²) in [4.78, 5) is 14.0. The standard InChI is InChI=1S/C15H16ClNO2/c1-8(2)10-4-5-13-11(7-10)12(14(16)17-13)6-9(3)15(18)19/h4-8,17H,1-3H3,(H,18,19)/b9-6+. The molecule has 3 nitrogen and oxygen atoms in total. The molecule has 100 valence electrons. The molecule has 0 aliphatic heterocycles. The molecule has 0 saturated carbocycles. The number of hydrogen-bond acceptors (Lipinski definition) is 1. The van der Waals surface area contributed by atoms with Crippen LogP contribution in [-0.4, -0.2) is 16.1 Å². The second-order valence-electron chi connectivity index (χ2n) is 4.94. The number of aromatic nitrogens is 1. The third kappa shape index (κ3) is 2.66. The van der Waals surface area contributed by atoms with E-state index in [2.05, 4.69) is 31.0 Å². The van der Waals surface area contributed by atoms with Crippen LogP contribution in [0.3, 0.4) is 0 Å². The van der Waals surface area contributed by atoms with E-state index in [4.69, 9.17) is 16.7 Å². The van der Waals surface area contributed by atoms with Crippen LogP contribution in [0, 0.1) is 0 Å². The van der Waals surface area contributed by atoms with Crippen molar-refractivity contribution in [2.45, 2.75) is 26.7 Å². The molecule has 1 aromatic carbocycles. The number of nitrogens with one attached hydrogen (secondary N) is 1. The van der Waals surface area contributed by atoms with Crippen LogP contribution in [0.4, 0.5) is 0 Å². The van der Waals surface area contributed by atoms with Crippen LogP contribution in [-0.2, 0) is 4.79 Å². The molecule has 0 bridgehead atoms. The third-order valence-electron chi connectivity index (χ3n) is 3.18. The van der Waals surface area contributed by atoms with Gasteiger partial charge in [-0.3, -0.25) is 0 Å². The lowest BCUT2D eigenvalue weighted by Gasteiger charge is -2.05. The van der Waals surface area contributed by atoms with Crippen molar-refractivity contribution in [1.82, 2.24) is 4.98 Å². The van der Waals surface area contributed by atoms with Crippen molar-refractivity contribution < 1.29 is 9.90 Å². The van der Waals surface area contributed by atoms with Crippen molar-refractivity contribution in [2.75, 3.05) is 0 Å². The van der Waals surface area contributed by atoms with Crippen molar-refractivity contribution in [3.8, 4) is 0 Å². The minimum atomic E-state index is -0.939. The van der Waals surface area contributed by atoms with Gasteiger partial charge in [0, 0.05) is 22.0 Å². The van der Waals surface area contributed by atoms with Gasteiger partial charge in [-0.25, -0.2) is 4.79 Å². The van der Waals surface area contributed by atoms with Crippen molar-refractivity contribution in [2.24, 2.45) is 0 Å². The fourth-order valence-electron chi connectivity index (χ4n) is 1.98. The average molecular weight is 278 g/mol. The lowest BCUT2D eigenvalue weighted by Crippen LogP contribution is -1.95. The fourth-order valence-corrected chi connectivity index (χ4v) is 2.23. The maximum Gasteiger partial charge on any atom is 0.331 e. The van der Waals surface area contributed by atoms with E-state index in [9.17, 15) is 4.79 Å². The number of fused-ring (bicyclic) bond motifs is 1. The highest BCUT2D eigenvalue weighted by molar-refractivity contribution is 6.32. The van der Waals surface area contributed by atoms with E-state index in [-0.39, 0.29) is 5.57 Å². The number of carboxylic acids is 1. The Morgan fingerprint density at radius 2 is 2.11 bits per heavy atom. The topological polar surface area (TPSA) is 53.1 Å². The molecule has 1 aromatic heterocycles. The summed E-state index contributed by atoms with van der Waals surface area (Å²) in [6.07, 6.45) is 1.60. The van der Waals surface area contributed by atoms with Gasteiger partial charge in [0.1, 0.15) is 5.15 Å². The van der Waals surface area contributed by atoms with Gasteiger partial charge >= 0.3 is 5.97 Å². The molecule has 0 unspecified atom stereocenters. The van der Waals surface area contributed by atoms with Gasteiger partial charge in [-0.15, -0.1) is 0 Å². The summed E-state index contributed by atoms with van der Waals surface area (Å²) >= 11 is 6.16. The van der Waals surface area contributed by atoms with E-state index in [0.717, 1.165) is 16.5 Å². The summed E-state index contributed by atoms with van der Waals surface area (Å²) in [5, 5.41) is 10.4. The maximum absolute atomic E-state index is 10.9. The molecule has 0 aliphatic carbocycles. The summed E-state index contributed by atoms with van der Waals surface area (Å²) in [5.41, 5.74) is 3.11. The summed E-state index contributed by atoms with van der Waals surface area (Å²) < 4.78 is 0. The zero-order chi connectivity index (χ0) is 14.2. The molecule has 0 spiro atoms. The molecule has 2 rings (SSSR count). The number of halogens is 1. The average Bonchev–Trinajstić information content (AvgIpc) is 2.65. The third-order valence-corrected chi connectivity index (χ3v) is 3.48. The smallest absolute Gasteiger partial charge is 0.331 e. The van der Waals surface area contributed by atoms with Crippen molar-refractivity contribution >= 4 is 34.5 Å². The molecular weight excluding hydrogens is 262 g/mol. The van der Waals surface area contributed by atoms with Crippen LogP contribution in [0.15, 0.2) is 23.8 Å². The normalized spacial score (nSPS) is 12.4. The summed E-state index contributed by atoms with van der Waals surface area (Å²) in [5.74, 6) is -0.527. The summed E-state index contributed by atoms with van der Waals surface area (Å²) in [6.45, 7) is 5.80. The minimum Gasteiger partial charge on any atom is -0.478 e. The van der Waals surface area contributed by atoms with Crippen LogP contribution in [0.5, 0.6) is 0 Å². The number of rotatable bonds is 3. The van der Waals surface area contributed by atoms with E-state index in [1.165, 1.54) is 5.56 Å². The predicted molar refractivity (Wildman–Crippen MR) is 78.7 cm³/mol. The number of H-pyrrole nitrogens is 1. The van der Waals surface area contributed by atoms with Gasteiger partial charge < -0.3 is 10.1 Å². The quantitative estimate of drug-likeness (QED) is 0.815. The molecule has 0 saturated heterocycles. The second kappa shape index (κ2) is 5.10. The highest BCUT2D eigenvalue weighted by atomic mass is 35.5. The lowest BCUT2D eigenvalue weighted by molar-refractivity contribution is -0.132. The Morgan fingerprint density at radius 3 is 2.68 bits per heavy atom. The highest BCUT2D eigenvalue weighted by Crippen LogP contribution is 2.30. The molecule has 0 amide bonds. The second-order valence-corrected chi connectivity index (χ2v) is 5.32. The highest BCUT2D eigenvalue weighted by Gasteiger charge is 2.11. The molecule has 0 atom stereocenters. The lowest BCUT2D eigenvalue weighted by atomic mass is 10.00. The summed E-state index contributed by atoms with van der Waals surface area (Å²) in [6, 6.07) is 6.09. The molecule has 19 heavy (non-hydrogen) atoms. The van der Waals surface area contributed by atoms with Crippen LogP contribution in [0.1, 0.15) is 37.8 Å². The Hall–Kier alpha value is -1.74. The van der Waals surface area contributed by atoms with Gasteiger partial charge in [-0.1, -0.05) is 31.5 Å². The van der Waals surface area contributed by atoms with Crippen LogP contribution in [0.2, 0.25) is 5.15 Å². The van der Waals surface area contributed by atoms with Crippen molar-refractivity contribution in [3.05, 3.63) is 40.1 Å². The molecule has 4 heteroatoms. The van der Waals surface area contributed by atoms with Crippen molar-refractivity contribution in [1.29, 1.82) is 0 Å². The van der Waals surface area contributed by atoms with E-state index >= 15 is 0 Å². The zero-order valence-electron chi connectivity index (χ0n) is 11.1. The predicted octanol–water partition coefficient (Wildman–Crippen LogP) is 4.43. The van der Waals surface area contributed by atoms with E-state index in [1.807, 2.05) is 6.07 Å². The molecule has 0 fully saturated rings. The molecule has 0 aliphatic rings. The fraction of sp³-hybridized carbons (Fsp3) is 0.267. The Kier molecular flexibility index (Phi) is 3.67. The molecule has 1 heterocycles. The van der Waals surface area contributed by atoms with Gasteiger partial charge in [0.15, 0.2) is 0 Å². The van der Waals surface area contributed by atoms with Gasteiger partial charge in [-0.2, -0.15) is 0 Å². The van der Waals surface area contributed by atoms with Gasteiger partial charge in [0.2, 0.25) is 0 Å². The number of benzene rings is 1. The first-order chi connectivity index (χ1) is 8.90.